The van der Waals surface area contributed by atoms with Gasteiger partial charge in [0.15, 0.2) is 0 Å². The standard InChI is InChI=1S/C11H15F6NO2/c1-2-3-4-5-7(8(19)6-18)9(20,10(12,13)14)11(15,16)17/h7-8,19-20H,2-5H2,1H3/t7-,8+/m0/s1. The van der Waals surface area contributed by atoms with Gasteiger partial charge in [-0.15, -0.1) is 0 Å². The van der Waals surface area contributed by atoms with Gasteiger partial charge in [-0.05, 0) is 6.42 Å². The maximum Gasteiger partial charge on any atom is 0.426 e. The lowest BCUT2D eigenvalue weighted by atomic mass is 9.78. The molecule has 0 aromatic carbocycles. The Morgan fingerprint density at radius 3 is 1.80 bits per heavy atom. The van der Waals surface area contributed by atoms with Gasteiger partial charge >= 0.3 is 12.4 Å². The van der Waals surface area contributed by atoms with Crippen molar-refractivity contribution in [2.24, 2.45) is 5.92 Å². The molecule has 2 atom stereocenters. The normalized spacial score (nSPS) is 16.6. The maximum absolute atomic E-state index is 12.7. The van der Waals surface area contributed by atoms with Crippen LogP contribution in [0.15, 0.2) is 0 Å². The third-order valence-electron chi connectivity index (χ3n) is 3.03. The summed E-state index contributed by atoms with van der Waals surface area (Å²) in [6, 6.07) is 0.937. The molecule has 0 aliphatic carbocycles. The third-order valence-corrected chi connectivity index (χ3v) is 3.03. The van der Waals surface area contributed by atoms with E-state index in [1.54, 1.807) is 6.92 Å². The Labute approximate surface area is 111 Å². The van der Waals surface area contributed by atoms with Gasteiger partial charge in [0.05, 0.1) is 6.07 Å². The molecule has 0 aromatic heterocycles. The van der Waals surface area contributed by atoms with E-state index in [0.29, 0.717) is 12.8 Å². The number of nitriles is 1. The van der Waals surface area contributed by atoms with Gasteiger partial charge in [0.2, 0.25) is 0 Å². The molecule has 0 heterocycles. The molecule has 0 fully saturated rings. The van der Waals surface area contributed by atoms with E-state index in [2.05, 4.69) is 0 Å². The number of hydrogen-bond donors (Lipinski definition) is 2. The van der Waals surface area contributed by atoms with Crippen LogP contribution >= 0.6 is 0 Å². The summed E-state index contributed by atoms with van der Waals surface area (Å²) < 4.78 is 76.0. The number of alkyl halides is 6. The van der Waals surface area contributed by atoms with E-state index in [1.807, 2.05) is 0 Å². The molecule has 0 unspecified atom stereocenters. The van der Waals surface area contributed by atoms with Crippen LogP contribution < -0.4 is 0 Å². The van der Waals surface area contributed by atoms with Crippen molar-refractivity contribution < 1.29 is 36.6 Å². The second-order valence-corrected chi connectivity index (χ2v) is 4.44. The minimum absolute atomic E-state index is 0.0750. The van der Waals surface area contributed by atoms with Crippen LogP contribution in [0.4, 0.5) is 26.3 Å². The summed E-state index contributed by atoms with van der Waals surface area (Å²) in [5.74, 6) is -2.68. The van der Waals surface area contributed by atoms with Crippen molar-refractivity contribution in [3.8, 4) is 6.07 Å². The lowest BCUT2D eigenvalue weighted by Gasteiger charge is -2.39. The number of rotatable bonds is 6. The lowest BCUT2D eigenvalue weighted by molar-refractivity contribution is -0.390. The molecule has 0 saturated carbocycles. The molecular weight excluding hydrogens is 292 g/mol. The van der Waals surface area contributed by atoms with Gasteiger partial charge in [-0.1, -0.05) is 26.2 Å². The molecule has 9 heteroatoms. The van der Waals surface area contributed by atoms with Crippen LogP contribution in [-0.4, -0.2) is 34.3 Å². The third kappa shape index (κ3) is 3.76. The van der Waals surface area contributed by atoms with Crippen molar-refractivity contribution in [1.82, 2.24) is 0 Å². The Morgan fingerprint density at radius 2 is 1.50 bits per heavy atom. The minimum Gasteiger partial charge on any atom is -0.378 e. The van der Waals surface area contributed by atoms with Crippen LogP contribution in [0.5, 0.6) is 0 Å². The van der Waals surface area contributed by atoms with Crippen molar-refractivity contribution in [1.29, 1.82) is 5.26 Å². The topological polar surface area (TPSA) is 64.2 Å². The van der Waals surface area contributed by atoms with E-state index in [4.69, 9.17) is 10.4 Å². The average Bonchev–Trinajstić information content (AvgIpc) is 2.30. The molecule has 0 aliphatic heterocycles. The molecule has 0 radical (unpaired) electrons. The number of nitrogens with zero attached hydrogens (tertiary/aromatic N) is 1. The molecule has 2 N–H and O–H groups in total. The Hall–Kier alpha value is -1.01. The zero-order valence-electron chi connectivity index (χ0n) is 10.6. The predicted molar refractivity (Wildman–Crippen MR) is 56.3 cm³/mol. The van der Waals surface area contributed by atoms with Gasteiger partial charge in [0.1, 0.15) is 6.10 Å². The second-order valence-electron chi connectivity index (χ2n) is 4.44. The Balaban J connectivity index is 5.61. The van der Waals surface area contributed by atoms with E-state index >= 15 is 0 Å². The monoisotopic (exact) mass is 307 g/mol. The van der Waals surface area contributed by atoms with E-state index in [-0.39, 0.29) is 6.42 Å². The quantitative estimate of drug-likeness (QED) is 0.450. The van der Waals surface area contributed by atoms with Crippen molar-refractivity contribution in [2.45, 2.75) is 56.7 Å². The zero-order chi connectivity index (χ0) is 16.2. The number of halogens is 6. The molecule has 20 heavy (non-hydrogen) atoms. The Morgan fingerprint density at radius 1 is 1.05 bits per heavy atom. The Bertz CT molecular complexity index is 332. The fourth-order valence-corrected chi connectivity index (χ4v) is 1.88. The highest BCUT2D eigenvalue weighted by atomic mass is 19.4. The highest BCUT2D eigenvalue weighted by Crippen LogP contribution is 2.50. The smallest absolute Gasteiger partial charge is 0.378 e. The first-order valence-electron chi connectivity index (χ1n) is 5.87. The number of aliphatic hydroxyl groups is 2. The highest BCUT2D eigenvalue weighted by molar-refractivity contribution is 5.06. The predicted octanol–water partition coefficient (Wildman–Crippen LogP) is 2.92. The first-order chi connectivity index (χ1) is 8.93. The molecule has 0 rings (SSSR count). The minimum atomic E-state index is -6.04. The summed E-state index contributed by atoms with van der Waals surface area (Å²) in [4.78, 5) is 0. The summed E-state index contributed by atoms with van der Waals surface area (Å²) in [6.45, 7) is 1.68. The lowest BCUT2D eigenvalue weighted by Crippen LogP contribution is -2.64. The first-order valence-corrected chi connectivity index (χ1v) is 5.87. The van der Waals surface area contributed by atoms with E-state index in [0.717, 1.165) is 6.07 Å². The number of aliphatic hydroxyl groups excluding tert-OH is 1. The van der Waals surface area contributed by atoms with Crippen LogP contribution in [0.2, 0.25) is 0 Å². The van der Waals surface area contributed by atoms with E-state index in [1.165, 1.54) is 0 Å². The zero-order valence-corrected chi connectivity index (χ0v) is 10.6. The molecule has 0 aliphatic rings. The SMILES string of the molecule is CCCCC[C@@H]([C@H](O)C#N)C(O)(C(F)(F)F)C(F)(F)F. The molecule has 0 bridgehead atoms. The summed E-state index contributed by atoms with van der Waals surface area (Å²) in [7, 11) is 0. The van der Waals surface area contributed by atoms with Crippen molar-refractivity contribution in [2.75, 3.05) is 0 Å². The van der Waals surface area contributed by atoms with Crippen LogP contribution in [0, 0.1) is 17.2 Å². The van der Waals surface area contributed by atoms with E-state index in [9.17, 15) is 31.4 Å². The van der Waals surface area contributed by atoms with Crippen LogP contribution in [0.1, 0.15) is 32.6 Å². The number of unbranched alkanes of at least 4 members (excludes halogenated alkanes) is 2. The summed E-state index contributed by atoms with van der Waals surface area (Å²) >= 11 is 0. The summed E-state index contributed by atoms with van der Waals surface area (Å²) in [6.07, 6.45) is -14.7. The molecule has 0 spiro atoms. The summed E-state index contributed by atoms with van der Waals surface area (Å²) in [5, 5.41) is 26.8. The molecule has 0 aromatic rings. The van der Waals surface area contributed by atoms with Crippen molar-refractivity contribution >= 4 is 0 Å². The van der Waals surface area contributed by atoms with E-state index < -0.39 is 36.4 Å². The van der Waals surface area contributed by atoms with Gasteiger partial charge in [0.25, 0.3) is 5.60 Å². The highest BCUT2D eigenvalue weighted by Gasteiger charge is 2.74. The van der Waals surface area contributed by atoms with Gasteiger partial charge in [-0.3, -0.25) is 0 Å². The van der Waals surface area contributed by atoms with Crippen LogP contribution in [0.3, 0.4) is 0 Å². The molecule has 3 nitrogen and oxygen atoms in total. The molecule has 0 saturated heterocycles. The second kappa shape index (κ2) is 6.63. The largest absolute Gasteiger partial charge is 0.426 e. The Kier molecular flexibility index (Phi) is 6.29. The average molecular weight is 307 g/mol. The van der Waals surface area contributed by atoms with Crippen LogP contribution in [-0.2, 0) is 0 Å². The molecular formula is C11H15F6NO2. The van der Waals surface area contributed by atoms with Gasteiger partial charge < -0.3 is 10.2 Å². The maximum atomic E-state index is 12.7. The van der Waals surface area contributed by atoms with Gasteiger partial charge in [-0.2, -0.15) is 31.6 Å². The fourth-order valence-electron chi connectivity index (χ4n) is 1.88. The fraction of sp³-hybridized carbons (Fsp3) is 0.909. The molecule has 118 valence electrons. The number of hydrogen-bond acceptors (Lipinski definition) is 3. The first kappa shape index (κ1) is 19.0. The van der Waals surface area contributed by atoms with Gasteiger partial charge in [0, 0.05) is 5.92 Å². The summed E-state index contributed by atoms with van der Waals surface area (Å²) in [5.41, 5.74) is -5.11. The van der Waals surface area contributed by atoms with Crippen molar-refractivity contribution in [3.63, 3.8) is 0 Å². The van der Waals surface area contributed by atoms with Gasteiger partial charge in [-0.25, -0.2) is 0 Å². The van der Waals surface area contributed by atoms with Crippen LogP contribution in [0.25, 0.3) is 0 Å². The van der Waals surface area contributed by atoms with Crippen molar-refractivity contribution in [3.05, 3.63) is 0 Å². The molecule has 0 amide bonds.